The Balaban J connectivity index is 1.88. The van der Waals surface area contributed by atoms with Gasteiger partial charge in [0, 0.05) is 29.0 Å². The van der Waals surface area contributed by atoms with Gasteiger partial charge in [-0.25, -0.2) is 0 Å². The van der Waals surface area contributed by atoms with Crippen molar-refractivity contribution in [2.75, 3.05) is 19.7 Å². The van der Waals surface area contributed by atoms with Crippen LogP contribution < -0.4 is 0 Å². The number of carbonyl (C=O) groups excluding carboxylic acids is 1. The van der Waals surface area contributed by atoms with Crippen molar-refractivity contribution in [1.29, 1.82) is 0 Å². The molecule has 0 aliphatic carbocycles. The molecule has 1 atom stereocenters. The fraction of sp³-hybridized carbons (Fsp3) is 0.500. The smallest absolute Gasteiger partial charge is 0.164 e. The summed E-state index contributed by atoms with van der Waals surface area (Å²) >= 11 is 3.37. The summed E-state index contributed by atoms with van der Waals surface area (Å²) < 4.78 is 0.933. The monoisotopic (exact) mass is 311 g/mol. The van der Waals surface area contributed by atoms with Crippen molar-refractivity contribution in [3.63, 3.8) is 0 Å². The van der Waals surface area contributed by atoms with Gasteiger partial charge in [0.15, 0.2) is 5.78 Å². The summed E-state index contributed by atoms with van der Waals surface area (Å²) in [5.74, 6) is 0.167. The minimum Gasteiger partial charge on any atom is -0.395 e. The molecule has 1 aliphatic heterocycles. The summed E-state index contributed by atoms with van der Waals surface area (Å²) in [6, 6.07) is 7.75. The van der Waals surface area contributed by atoms with Crippen LogP contribution in [0.1, 0.15) is 29.6 Å². The lowest BCUT2D eigenvalue weighted by Gasteiger charge is -2.21. The van der Waals surface area contributed by atoms with E-state index in [1.807, 2.05) is 24.3 Å². The quantitative estimate of drug-likeness (QED) is 0.849. The lowest BCUT2D eigenvalue weighted by Crippen LogP contribution is -2.33. The van der Waals surface area contributed by atoms with Gasteiger partial charge in [-0.15, -0.1) is 0 Å². The summed E-state index contributed by atoms with van der Waals surface area (Å²) in [5.41, 5.74) is 0.754. The van der Waals surface area contributed by atoms with E-state index in [1.165, 1.54) is 0 Å². The first-order valence-electron chi connectivity index (χ1n) is 6.34. The molecule has 98 valence electrons. The van der Waals surface area contributed by atoms with Gasteiger partial charge in [-0.2, -0.15) is 0 Å². The van der Waals surface area contributed by atoms with Crippen molar-refractivity contribution >= 4 is 21.7 Å². The van der Waals surface area contributed by atoms with Crippen LogP contribution in [0, 0.1) is 0 Å². The molecule has 1 heterocycles. The standard InChI is InChI=1S/C14H18BrNO2/c15-12-4-1-3-11(9-12)14(18)6-8-16-7-2-5-13(16)10-17/h1,3-4,9,13,17H,2,5-8,10H2. The molecule has 1 fully saturated rings. The lowest BCUT2D eigenvalue weighted by atomic mass is 10.1. The van der Waals surface area contributed by atoms with Gasteiger partial charge in [0.05, 0.1) is 6.61 Å². The van der Waals surface area contributed by atoms with Crippen LogP contribution in [0.2, 0.25) is 0 Å². The van der Waals surface area contributed by atoms with E-state index in [9.17, 15) is 9.90 Å². The zero-order chi connectivity index (χ0) is 13.0. The maximum absolute atomic E-state index is 12.0. The Labute approximate surface area is 116 Å². The molecule has 0 radical (unpaired) electrons. The number of aliphatic hydroxyl groups excluding tert-OH is 1. The van der Waals surface area contributed by atoms with Crippen molar-refractivity contribution < 1.29 is 9.90 Å². The van der Waals surface area contributed by atoms with Gasteiger partial charge in [0.2, 0.25) is 0 Å². The van der Waals surface area contributed by atoms with Gasteiger partial charge in [0.25, 0.3) is 0 Å². The molecular formula is C14H18BrNO2. The highest BCUT2D eigenvalue weighted by molar-refractivity contribution is 9.10. The van der Waals surface area contributed by atoms with Crippen LogP contribution in [0.5, 0.6) is 0 Å². The Morgan fingerprint density at radius 2 is 2.33 bits per heavy atom. The number of carbonyl (C=O) groups is 1. The lowest BCUT2D eigenvalue weighted by molar-refractivity contribution is 0.0945. The number of benzene rings is 1. The molecule has 1 aromatic carbocycles. The van der Waals surface area contributed by atoms with E-state index in [0.29, 0.717) is 6.42 Å². The predicted octanol–water partition coefficient (Wildman–Crippen LogP) is 2.48. The van der Waals surface area contributed by atoms with Crippen LogP contribution in [0.3, 0.4) is 0 Å². The molecule has 2 rings (SSSR count). The third-order valence-electron chi connectivity index (χ3n) is 3.48. The molecule has 0 bridgehead atoms. The van der Waals surface area contributed by atoms with Crippen molar-refractivity contribution in [1.82, 2.24) is 4.90 Å². The van der Waals surface area contributed by atoms with Crippen LogP contribution in [0.4, 0.5) is 0 Å². The molecular weight excluding hydrogens is 294 g/mol. The van der Waals surface area contributed by atoms with E-state index in [2.05, 4.69) is 20.8 Å². The van der Waals surface area contributed by atoms with E-state index in [1.54, 1.807) is 0 Å². The van der Waals surface area contributed by atoms with Crippen LogP contribution in [0.15, 0.2) is 28.7 Å². The third kappa shape index (κ3) is 3.40. The fourth-order valence-corrected chi connectivity index (χ4v) is 2.85. The molecule has 18 heavy (non-hydrogen) atoms. The van der Waals surface area contributed by atoms with Crippen molar-refractivity contribution in [2.24, 2.45) is 0 Å². The number of likely N-dealkylation sites (tertiary alicyclic amines) is 1. The molecule has 0 saturated carbocycles. The maximum atomic E-state index is 12.0. The topological polar surface area (TPSA) is 40.5 Å². The Kier molecular flexibility index (Phi) is 4.92. The molecule has 1 N–H and O–H groups in total. The second-order valence-electron chi connectivity index (χ2n) is 4.70. The molecule has 1 saturated heterocycles. The minimum atomic E-state index is 0.167. The number of ketones is 1. The molecule has 1 aromatic rings. The van der Waals surface area contributed by atoms with Gasteiger partial charge in [-0.05, 0) is 31.5 Å². The van der Waals surface area contributed by atoms with Gasteiger partial charge in [-0.3, -0.25) is 9.69 Å². The van der Waals surface area contributed by atoms with E-state index in [0.717, 1.165) is 36.0 Å². The summed E-state index contributed by atoms with van der Waals surface area (Å²) in [6.45, 7) is 1.94. The zero-order valence-corrected chi connectivity index (χ0v) is 11.9. The van der Waals surface area contributed by atoms with E-state index < -0.39 is 0 Å². The zero-order valence-electron chi connectivity index (χ0n) is 10.3. The number of aliphatic hydroxyl groups is 1. The SMILES string of the molecule is O=C(CCN1CCCC1CO)c1cccc(Br)c1. The average Bonchev–Trinajstić information content (AvgIpc) is 2.83. The van der Waals surface area contributed by atoms with E-state index in [4.69, 9.17) is 0 Å². The van der Waals surface area contributed by atoms with Gasteiger partial charge in [0.1, 0.15) is 0 Å². The number of Topliss-reactive ketones (excluding diaryl/α,β-unsaturated/α-hetero) is 1. The highest BCUT2D eigenvalue weighted by Gasteiger charge is 2.23. The number of hydrogen-bond acceptors (Lipinski definition) is 3. The first kappa shape index (κ1) is 13.7. The van der Waals surface area contributed by atoms with E-state index in [-0.39, 0.29) is 18.4 Å². The Morgan fingerprint density at radius 1 is 1.50 bits per heavy atom. The van der Waals surface area contributed by atoms with Crippen LogP contribution >= 0.6 is 15.9 Å². The van der Waals surface area contributed by atoms with Crippen molar-refractivity contribution in [3.8, 4) is 0 Å². The number of hydrogen-bond donors (Lipinski definition) is 1. The highest BCUT2D eigenvalue weighted by atomic mass is 79.9. The number of rotatable bonds is 5. The molecule has 0 spiro atoms. The molecule has 1 unspecified atom stereocenters. The van der Waals surface area contributed by atoms with Crippen LogP contribution in [-0.2, 0) is 0 Å². The molecule has 3 nitrogen and oxygen atoms in total. The average molecular weight is 312 g/mol. The van der Waals surface area contributed by atoms with E-state index >= 15 is 0 Å². The first-order chi connectivity index (χ1) is 8.70. The summed E-state index contributed by atoms with van der Waals surface area (Å²) in [5, 5.41) is 9.22. The number of nitrogens with zero attached hydrogens (tertiary/aromatic N) is 1. The fourth-order valence-electron chi connectivity index (χ4n) is 2.45. The Morgan fingerprint density at radius 3 is 3.06 bits per heavy atom. The molecule has 1 aliphatic rings. The van der Waals surface area contributed by atoms with Crippen molar-refractivity contribution in [2.45, 2.75) is 25.3 Å². The third-order valence-corrected chi connectivity index (χ3v) is 3.98. The van der Waals surface area contributed by atoms with Crippen molar-refractivity contribution in [3.05, 3.63) is 34.3 Å². The van der Waals surface area contributed by atoms with Crippen LogP contribution in [0.25, 0.3) is 0 Å². The van der Waals surface area contributed by atoms with Gasteiger partial charge >= 0.3 is 0 Å². The maximum Gasteiger partial charge on any atom is 0.164 e. The normalized spacial score (nSPS) is 20.2. The molecule has 0 amide bonds. The second kappa shape index (κ2) is 6.45. The van der Waals surface area contributed by atoms with Crippen LogP contribution in [-0.4, -0.2) is 41.5 Å². The minimum absolute atomic E-state index is 0.167. The molecule has 0 aromatic heterocycles. The first-order valence-corrected chi connectivity index (χ1v) is 7.13. The summed E-state index contributed by atoms with van der Waals surface area (Å²) in [4.78, 5) is 14.3. The second-order valence-corrected chi connectivity index (χ2v) is 5.61. The van der Waals surface area contributed by atoms with Gasteiger partial charge < -0.3 is 5.11 Å². The highest BCUT2D eigenvalue weighted by Crippen LogP contribution is 2.18. The largest absolute Gasteiger partial charge is 0.395 e. The summed E-state index contributed by atoms with van der Waals surface area (Å²) in [6.07, 6.45) is 2.69. The number of halogens is 1. The Bertz CT molecular complexity index is 422. The summed E-state index contributed by atoms with van der Waals surface area (Å²) in [7, 11) is 0. The molecule has 4 heteroatoms. The predicted molar refractivity (Wildman–Crippen MR) is 74.8 cm³/mol. The van der Waals surface area contributed by atoms with Gasteiger partial charge in [-0.1, -0.05) is 28.1 Å². The Hall–Kier alpha value is -0.710.